The van der Waals surface area contributed by atoms with Gasteiger partial charge in [0.1, 0.15) is 5.82 Å². The molecule has 1 atom stereocenters. The highest BCUT2D eigenvalue weighted by Gasteiger charge is 2.36. The van der Waals surface area contributed by atoms with Crippen molar-refractivity contribution in [1.29, 1.82) is 0 Å². The molecule has 0 saturated carbocycles. The molecule has 1 fully saturated rings. The third kappa shape index (κ3) is 4.64. The maximum absolute atomic E-state index is 15.2. The maximum atomic E-state index is 15.2. The van der Waals surface area contributed by atoms with E-state index in [0.29, 0.717) is 21.6 Å². The first kappa shape index (κ1) is 23.1. The zero-order chi connectivity index (χ0) is 23.0. The monoisotopic (exact) mass is 515 g/mol. The van der Waals surface area contributed by atoms with Gasteiger partial charge in [0.15, 0.2) is 5.17 Å². The molecule has 0 radical (unpaired) electrons. The molecule has 1 unspecified atom stereocenters. The van der Waals surface area contributed by atoms with E-state index in [0.717, 1.165) is 40.8 Å². The second-order valence-electron chi connectivity index (χ2n) is 8.96. The summed E-state index contributed by atoms with van der Waals surface area (Å²) in [4.78, 5) is 19.7. The van der Waals surface area contributed by atoms with Gasteiger partial charge >= 0.3 is 0 Å². The molecule has 2 aliphatic heterocycles. The van der Waals surface area contributed by atoms with Gasteiger partial charge < -0.3 is 10.2 Å². The molecule has 7 heteroatoms. The van der Waals surface area contributed by atoms with Crippen molar-refractivity contribution in [3.8, 4) is 0 Å². The van der Waals surface area contributed by atoms with Crippen LogP contribution in [0.5, 0.6) is 0 Å². The van der Waals surface area contributed by atoms with E-state index in [1.165, 1.54) is 11.8 Å². The van der Waals surface area contributed by atoms with Gasteiger partial charge in [0.05, 0.1) is 10.6 Å². The fourth-order valence-corrected chi connectivity index (χ4v) is 5.63. The molecule has 1 saturated heterocycles. The van der Waals surface area contributed by atoms with Crippen LogP contribution < -0.4 is 10.2 Å². The van der Waals surface area contributed by atoms with Crippen LogP contribution in [0.15, 0.2) is 50.8 Å². The Morgan fingerprint density at radius 3 is 2.72 bits per heavy atom. The van der Waals surface area contributed by atoms with Gasteiger partial charge in [0, 0.05) is 27.8 Å². The Kier molecular flexibility index (Phi) is 6.50. The lowest BCUT2D eigenvalue weighted by molar-refractivity contribution is -0.115. The summed E-state index contributed by atoms with van der Waals surface area (Å²) in [5.41, 5.74) is 3.27. The second-order valence-corrected chi connectivity index (χ2v) is 10.9. The summed E-state index contributed by atoms with van der Waals surface area (Å²) in [6.07, 6.45) is 3.64. The molecule has 2 aliphatic rings. The molecule has 0 aromatic heterocycles. The summed E-state index contributed by atoms with van der Waals surface area (Å²) in [5, 5.41) is 3.27. The number of carbonyl (C=O) groups excluding carboxylic acids is 1. The summed E-state index contributed by atoms with van der Waals surface area (Å²) in [5.74, 6) is -0.260. The molecular weight excluding hydrogens is 489 g/mol. The molecule has 2 aromatic carbocycles. The second kappa shape index (κ2) is 9.02. The fourth-order valence-electron chi connectivity index (χ4n) is 4.53. The Morgan fingerprint density at radius 1 is 1.31 bits per heavy atom. The largest absolute Gasteiger partial charge is 0.366 e. The molecule has 1 N–H and O–H groups in total. The van der Waals surface area contributed by atoms with Gasteiger partial charge in [-0.3, -0.25) is 4.79 Å². The van der Waals surface area contributed by atoms with E-state index in [1.807, 2.05) is 30.3 Å². The first-order valence-electron chi connectivity index (χ1n) is 10.8. The van der Waals surface area contributed by atoms with Crippen molar-refractivity contribution in [2.45, 2.75) is 52.0 Å². The minimum absolute atomic E-state index is 0.0194. The summed E-state index contributed by atoms with van der Waals surface area (Å²) in [6.45, 7) is 9.68. The third-order valence-corrected chi connectivity index (χ3v) is 7.38. The number of rotatable bonds is 4. The number of thioether (sulfide) groups is 1. The van der Waals surface area contributed by atoms with Crippen molar-refractivity contribution in [2.75, 3.05) is 11.4 Å². The Morgan fingerprint density at radius 2 is 2.03 bits per heavy atom. The average molecular weight is 516 g/mol. The van der Waals surface area contributed by atoms with E-state index in [1.54, 1.807) is 12.1 Å². The Labute approximate surface area is 201 Å². The number of carbonyl (C=O) groups is 1. The van der Waals surface area contributed by atoms with Crippen molar-refractivity contribution < 1.29 is 9.18 Å². The van der Waals surface area contributed by atoms with E-state index in [-0.39, 0.29) is 17.3 Å². The number of amides is 1. The highest BCUT2D eigenvalue weighted by molar-refractivity contribution is 9.10. The number of fused-ring (bicyclic) bond motifs is 1. The van der Waals surface area contributed by atoms with Crippen LogP contribution in [0.25, 0.3) is 6.08 Å². The van der Waals surface area contributed by atoms with Crippen LogP contribution in [0.1, 0.15) is 57.6 Å². The van der Waals surface area contributed by atoms with Gasteiger partial charge in [0.2, 0.25) is 0 Å². The number of anilines is 1. The number of hydrogen-bond donors (Lipinski definition) is 1. The van der Waals surface area contributed by atoms with Crippen molar-refractivity contribution in [3.05, 3.63) is 62.7 Å². The summed E-state index contributed by atoms with van der Waals surface area (Å²) < 4.78 is 16.1. The van der Waals surface area contributed by atoms with E-state index in [9.17, 15) is 4.79 Å². The van der Waals surface area contributed by atoms with Crippen LogP contribution in [0, 0.1) is 5.82 Å². The predicted molar refractivity (Wildman–Crippen MR) is 136 cm³/mol. The highest BCUT2D eigenvalue weighted by atomic mass is 79.9. The molecule has 32 heavy (non-hydrogen) atoms. The normalized spacial score (nSPS) is 22.4. The molecule has 1 amide bonds. The lowest BCUT2D eigenvalue weighted by Crippen LogP contribution is -2.48. The van der Waals surface area contributed by atoms with Crippen molar-refractivity contribution in [2.24, 2.45) is 4.99 Å². The number of benzene rings is 2. The van der Waals surface area contributed by atoms with E-state index in [4.69, 9.17) is 0 Å². The standard InChI is InChI=1S/C25H27BrFN3OS/c1-5-10-30-21-13-20(27)16(11-19(21)15(2)14-25(30,3)4)12-22-23(31)29-24(32-22)28-18-8-6-17(26)7-9-18/h6-9,11-13,15H,5,10,14H2,1-4H3,(H,28,29,31)/b22-12+. The van der Waals surface area contributed by atoms with Gasteiger partial charge in [-0.25, -0.2) is 9.38 Å². The van der Waals surface area contributed by atoms with Crippen molar-refractivity contribution >= 4 is 56.2 Å². The van der Waals surface area contributed by atoms with Crippen molar-refractivity contribution in [1.82, 2.24) is 5.32 Å². The lowest BCUT2D eigenvalue weighted by Gasteiger charge is -2.47. The zero-order valence-corrected chi connectivity index (χ0v) is 21.1. The summed E-state index contributed by atoms with van der Waals surface area (Å²) >= 11 is 4.63. The number of amidine groups is 1. The van der Waals surface area contributed by atoms with Gasteiger partial charge in [-0.15, -0.1) is 0 Å². The minimum atomic E-state index is -0.311. The minimum Gasteiger partial charge on any atom is -0.366 e. The molecule has 2 heterocycles. The predicted octanol–water partition coefficient (Wildman–Crippen LogP) is 6.98. The average Bonchev–Trinajstić information content (AvgIpc) is 3.06. The Bertz CT molecular complexity index is 1110. The lowest BCUT2D eigenvalue weighted by atomic mass is 9.79. The molecular formula is C25H27BrFN3OS. The number of aliphatic imine (C=N–C) groups is 1. The van der Waals surface area contributed by atoms with Crippen LogP contribution in [-0.2, 0) is 4.79 Å². The van der Waals surface area contributed by atoms with Gasteiger partial charge in [-0.2, -0.15) is 0 Å². The molecule has 168 valence electrons. The van der Waals surface area contributed by atoms with E-state index >= 15 is 4.39 Å². The molecule has 0 aliphatic carbocycles. The highest BCUT2D eigenvalue weighted by Crippen LogP contribution is 2.44. The first-order chi connectivity index (χ1) is 15.2. The smallest absolute Gasteiger partial charge is 0.264 e. The van der Waals surface area contributed by atoms with Crippen molar-refractivity contribution in [3.63, 3.8) is 0 Å². The topological polar surface area (TPSA) is 44.7 Å². The maximum Gasteiger partial charge on any atom is 0.264 e. The number of nitrogens with zero attached hydrogens (tertiary/aromatic N) is 2. The Balaban J connectivity index is 1.65. The number of hydrogen-bond acceptors (Lipinski definition) is 4. The fraction of sp³-hybridized carbons (Fsp3) is 0.360. The van der Waals surface area contributed by atoms with Crippen LogP contribution >= 0.6 is 27.7 Å². The summed E-state index contributed by atoms with van der Waals surface area (Å²) in [7, 11) is 0. The molecule has 4 rings (SSSR count). The quantitative estimate of drug-likeness (QED) is 0.446. The number of halogens is 2. The molecule has 2 aromatic rings. The van der Waals surface area contributed by atoms with Gasteiger partial charge in [-0.1, -0.05) is 29.8 Å². The third-order valence-electron chi connectivity index (χ3n) is 5.95. The van der Waals surface area contributed by atoms with E-state index in [2.05, 4.69) is 58.8 Å². The van der Waals surface area contributed by atoms with Crippen LogP contribution in [0.4, 0.5) is 15.8 Å². The summed E-state index contributed by atoms with van der Waals surface area (Å²) in [6, 6.07) is 11.1. The van der Waals surface area contributed by atoms with Crippen LogP contribution in [0.2, 0.25) is 0 Å². The van der Waals surface area contributed by atoms with Gasteiger partial charge in [-0.05, 0) is 92.4 Å². The first-order valence-corrected chi connectivity index (χ1v) is 12.4. The van der Waals surface area contributed by atoms with Gasteiger partial charge in [0.25, 0.3) is 5.91 Å². The number of nitrogens with one attached hydrogen (secondary N) is 1. The SMILES string of the molecule is CCCN1c2cc(F)c(/C=C3/SC(=Nc4ccc(Br)cc4)NC3=O)cc2C(C)CC1(C)C. The molecule has 4 nitrogen and oxygen atoms in total. The molecule has 0 spiro atoms. The zero-order valence-electron chi connectivity index (χ0n) is 18.7. The van der Waals surface area contributed by atoms with Crippen LogP contribution in [0.3, 0.4) is 0 Å². The molecule has 0 bridgehead atoms. The van der Waals surface area contributed by atoms with Crippen LogP contribution in [-0.4, -0.2) is 23.2 Å². The Hall–Kier alpha value is -2.12. The van der Waals surface area contributed by atoms with E-state index < -0.39 is 0 Å².